The second kappa shape index (κ2) is 7.93. The first-order chi connectivity index (χ1) is 10.6. The number of benzene rings is 1. The van der Waals surface area contributed by atoms with E-state index < -0.39 is 0 Å². The van der Waals surface area contributed by atoms with Crippen molar-refractivity contribution < 1.29 is 4.79 Å². The normalized spacial score (nSPS) is 13.6. The van der Waals surface area contributed by atoms with Crippen LogP contribution in [0.1, 0.15) is 25.8 Å². The van der Waals surface area contributed by atoms with Crippen molar-refractivity contribution in [2.45, 2.75) is 43.1 Å². The van der Waals surface area contributed by atoms with Gasteiger partial charge in [-0.25, -0.2) is 4.68 Å². The quantitative estimate of drug-likeness (QED) is 0.788. The highest BCUT2D eigenvalue weighted by Crippen LogP contribution is 2.19. The molecule has 0 spiro atoms. The first-order valence-corrected chi connectivity index (χ1v) is 8.17. The maximum Gasteiger partial charge on any atom is 0.233 e. The molecule has 1 amide bonds. The van der Waals surface area contributed by atoms with Gasteiger partial charge < -0.3 is 5.32 Å². The summed E-state index contributed by atoms with van der Waals surface area (Å²) in [4.78, 5) is 12.2. The molecule has 0 saturated heterocycles. The minimum Gasteiger partial charge on any atom is -0.353 e. The Labute approximate surface area is 134 Å². The first-order valence-electron chi connectivity index (χ1n) is 7.29. The molecular weight excluding hydrogens is 298 g/mol. The van der Waals surface area contributed by atoms with E-state index in [4.69, 9.17) is 0 Å². The summed E-state index contributed by atoms with van der Waals surface area (Å²) in [6.07, 6.45) is 1.87. The van der Waals surface area contributed by atoms with Gasteiger partial charge in [-0.2, -0.15) is 0 Å². The van der Waals surface area contributed by atoms with E-state index in [0.29, 0.717) is 5.16 Å². The molecule has 0 bridgehead atoms. The van der Waals surface area contributed by atoms with Gasteiger partial charge in [0.15, 0.2) is 0 Å². The van der Waals surface area contributed by atoms with E-state index in [2.05, 4.69) is 33.0 Å². The predicted octanol–water partition coefficient (Wildman–Crippen LogP) is 1.83. The molecule has 2 rings (SSSR count). The van der Waals surface area contributed by atoms with Crippen molar-refractivity contribution in [1.82, 2.24) is 25.5 Å². The lowest BCUT2D eigenvalue weighted by Gasteiger charge is -2.17. The fraction of sp³-hybridized carbons (Fsp3) is 0.467. The van der Waals surface area contributed by atoms with E-state index in [9.17, 15) is 4.79 Å². The Hall–Kier alpha value is -1.89. The molecule has 0 saturated carbocycles. The van der Waals surface area contributed by atoms with Crippen LogP contribution in [0.3, 0.4) is 0 Å². The van der Waals surface area contributed by atoms with E-state index in [1.54, 1.807) is 11.7 Å². The zero-order valence-corrected chi connectivity index (χ0v) is 13.9. The number of nitrogens with one attached hydrogen (secondary N) is 1. The van der Waals surface area contributed by atoms with Gasteiger partial charge in [0.1, 0.15) is 0 Å². The van der Waals surface area contributed by atoms with Gasteiger partial charge in [0.25, 0.3) is 0 Å². The van der Waals surface area contributed by atoms with Crippen LogP contribution in [0.4, 0.5) is 0 Å². The van der Waals surface area contributed by atoms with E-state index >= 15 is 0 Å². The number of amides is 1. The van der Waals surface area contributed by atoms with Crippen LogP contribution >= 0.6 is 11.8 Å². The number of hydrogen-bond acceptors (Lipinski definition) is 5. The van der Waals surface area contributed by atoms with Crippen molar-refractivity contribution >= 4 is 17.7 Å². The largest absolute Gasteiger partial charge is 0.353 e. The van der Waals surface area contributed by atoms with Crippen LogP contribution in [0.25, 0.3) is 0 Å². The molecule has 2 atom stereocenters. The molecule has 22 heavy (non-hydrogen) atoms. The molecule has 0 radical (unpaired) electrons. The second-order valence-electron chi connectivity index (χ2n) is 5.28. The van der Waals surface area contributed by atoms with Crippen LogP contribution in [-0.2, 0) is 18.3 Å². The summed E-state index contributed by atoms with van der Waals surface area (Å²) in [6.45, 7) is 3.89. The lowest BCUT2D eigenvalue weighted by atomic mass is 10.1. The highest BCUT2D eigenvalue weighted by Gasteiger charge is 2.19. The molecule has 2 aromatic rings. The molecular formula is C15H21N5OS. The third-order valence-corrected chi connectivity index (χ3v) is 4.45. The summed E-state index contributed by atoms with van der Waals surface area (Å²) >= 11 is 1.36. The van der Waals surface area contributed by atoms with Gasteiger partial charge in [0, 0.05) is 13.1 Å². The summed E-state index contributed by atoms with van der Waals surface area (Å²) in [5, 5.41) is 14.7. The van der Waals surface area contributed by atoms with Crippen LogP contribution in [0, 0.1) is 0 Å². The fourth-order valence-corrected chi connectivity index (χ4v) is 2.76. The number of aryl methyl sites for hydroxylation is 2. The predicted molar refractivity (Wildman–Crippen MR) is 86.5 cm³/mol. The van der Waals surface area contributed by atoms with Crippen molar-refractivity contribution in [3.63, 3.8) is 0 Å². The van der Waals surface area contributed by atoms with Crippen molar-refractivity contribution in [2.75, 3.05) is 0 Å². The summed E-state index contributed by atoms with van der Waals surface area (Å²) < 4.78 is 1.56. The number of carbonyl (C=O) groups is 1. The zero-order valence-electron chi connectivity index (χ0n) is 13.1. The van der Waals surface area contributed by atoms with Gasteiger partial charge in [-0.05, 0) is 42.7 Å². The number of nitrogens with zero attached hydrogens (tertiary/aromatic N) is 4. The smallest absolute Gasteiger partial charge is 0.233 e. The average Bonchev–Trinajstić information content (AvgIpc) is 2.91. The monoisotopic (exact) mass is 319 g/mol. The number of thioether (sulfide) groups is 1. The van der Waals surface area contributed by atoms with Crippen molar-refractivity contribution in [3.8, 4) is 0 Å². The molecule has 0 aliphatic heterocycles. The lowest BCUT2D eigenvalue weighted by molar-refractivity contribution is -0.120. The molecule has 118 valence electrons. The van der Waals surface area contributed by atoms with E-state index in [-0.39, 0.29) is 17.2 Å². The van der Waals surface area contributed by atoms with Gasteiger partial charge in [0.2, 0.25) is 11.1 Å². The number of carbonyl (C=O) groups excluding carboxylic acids is 1. The highest BCUT2D eigenvalue weighted by atomic mass is 32.2. The molecule has 6 nitrogen and oxygen atoms in total. The van der Waals surface area contributed by atoms with Crippen LogP contribution in [0.15, 0.2) is 35.5 Å². The Morgan fingerprint density at radius 3 is 2.68 bits per heavy atom. The Morgan fingerprint density at radius 2 is 2.05 bits per heavy atom. The van der Waals surface area contributed by atoms with Crippen molar-refractivity contribution in [1.29, 1.82) is 0 Å². The number of aromatic nitrogens is 4. The lowest BCUT2D eigenvalue weighted by Crippen LogP contribution is -2.38. The minimum absolute atomic E-state index is 0.00793. The number of rotatable bonds is 7. The summed E-state index contributed by atoms with van der Waals surface area (Å²) in [7, 11) is 1.76. The van der Waals surface area contributed by atoms with Gasteiger partial charge in [-0.3, -0.25) is 4.79 Å². The molecule has 7 heteroatoms. The Morgan fingerprint density at radius 1 is 1.32 bits per heavy atom. The van der Waals surface area contributed by atoms with Crippen LogP contribution < -0.4 is 5.32 Å². The molecule has 1 N–H and O–H groups in total. The molecule has 1 heterocycles. The fourth-order valence-electron chi connectivity index (χ4n) is 1.99. The minimum atomic E-state index is -0.233. The van der Waals surface area contributed by atoms with Crippen molar-refractivity contribution in [2.24, 2.45) is 7.05 Å². The van der Waals surface area contributed by atoms with Crippen molar-refractivity contribution in [3.05, 3.63) is 35.9 Å². The third-order valence-electron chi connectivity index (χ3n) is 3.33. The number of hydrogen-bond donors (Lipinski definition) is 1. The first kappa shape index (κ1) is 16.5. The summed E-state index contributed by atoms with van der Waals surface area (Å²) in [5.74, 6) is 0.00793. The molecule has 1 aromatic carbocycles. The van der Waals surface area contributed by atoms with Gasteiger partial charge >= 0.3 is 0 Å². The van der Waals surface area contributed by atoms with Crippen LogP contribution in [0.5, 0.6) is 0 Å². The van der Waals surface area contributed by atoms with Gasteiger partial charge in [-0.1, -0.05) is 42.1 Å². The maximum absolute atomic E-state index is 12.2. The molecule has 2 unspecified atom stereocenters. The third kappa shape index (κ3) is 4.84. The highest BCUT2D eigenvalue weighted by molar-refractivity contribution is 8.00. The van der Waals surface area contributed by atoms with Crippen LogP contribution in [-0.4, -0.2) is 37.4 Å². The molecule has 0 fully saturated rings. The molecule has 0 aliphatic carbocycles. The maximum atomic E-state index is 12.2. The van der Waals surface area contributed by atoms with E-state index in [1.807, 2.05) is 32.0 Å². The standard InChI is InChI=1S/C15H21N5OS/c1-11(9-10-13-7-5-4-6-8-13)16-14(21)12(2)22-15-17-18-19-20(15)3/h4-8,11-12H,9-10H2,1-3H3,(H,16,21). The molecule has 1 aromatic heterocycles. The van der Waals surface area contributed by atoms with E-state index in [1.165, 1.54) is 17.3 Å². The van der Waals surface area contributed by atoms with Crippen LogP contribution in [0.2, 0.25) is 0 Å². The second-order valence-corrected chi connectivity index (χ2v) is 6.59. The molecule has 0 aliphatic rings. The van der Waals surface area contributed by atoms with Gasteiger partial charge in [-0.15, -0.1) is 5.10 Å². The zero-order chi connectivity index (χ0) is 15.9. The summed E-state index contributed by atoms with van der Waals surface area (Å²) in [5.41, 5.74) is 1.29. The Kier molecular flexibility index (Phi) is 5.94. The topological polar surface area (TPSA) is 72.7 Å². The van der Waals surface area contributed by atoms with E-state index in [0.717, 1.165) is 12.8 Å². The Bertz CT molecular complexity index is 601. The summed E-state index contributed by atoms with van der Waals surface area (Å²) in [6, 6.07) is 10.4. The average molecular weight is 319 g/mol. The van der Waals surface area contributed by atoms with Gasteiger partial charge in [0.05, 0.1) is 5.25 Å². The number of tetrazole rings is 1. The Balaban J connectivity index is 1.77. The SMILES string of the molecule is CC(CCc1ccccc1)NC(=O)C(C)Sc1nnnn1C.